The molecule has 0 bridgehead atoms. The van der Waals surface area contributed by atoms with Crippen LogP contribution in [0.2, 0.25) is 0 Å². The molecule has 1 heteroatoms. The van der Waals surface area contributed by atoms with Crippen LogP contribution in [0.4, 0.5) is 0 Å². The Balaban J connectivity index is 2.29. The Morgan fingerprint density at radius 3 is 2.27 bits per heavy atom. The normalized spacial score (nSPS) is 30.5. The average molecular weight is 208 g/mol. The van der Waals surface area contributed by atoms with Gasteiger partial charge in [0, 0.05) is 0 Å². The minimum atomic E-state index is -0.887. The number of hydrogen-bond donors (Lipinski definition) is 1. The van der Waals surface area contributed by atoms with Crippen LogP contribution in [0.25, 0.3) is 0 Å². The second-order valence-electron chi connectivity index (χ2n) is 5.30. The summed E-state index contributed by atoms with van der Waals surface area (Å²) >= 11 is 0. The fourth-order valence-electron chi connectivity index (χ4n) is 2.75. The van der Waals surface area contributed by atoms with E-state index in [-0.39, 0.29) is 0 Å². The first kappa shape index (κ1) is 12.6. The zero-order chi connectivity index (χ0) is 11.3. The quantitative estimate of drug-likeness (QED) is 0.702. The molecule has 0 aromatic heterocycles. The summed E-state index contributed by atoms with van der Waals surface area (Å²) < 4.78 is 0. The van der Waals surface area contributed by atoms with Gasteiger partial charge >= 0.3 is 0 Å². The lowest BCUT2D eigenvalue weighted by Gasteiger charge is -2.31. The van der Waals surface area contributed by atoms with Gasteiger partial charge in [0.15, 0.2) is 0 Å². The Morgan fingerprint density at radius 1 is 1.27 bits per heavy atom. The van der Waals surface area contributed by atoms with Crippen LogP contribution < -0.4 is 0 Å². The van der Waals surface area contributed by atoms with Gasteiger partial charge in [0.05, 0.1) is 0 Å². The standard InChI is InChI=1S/C14H24O/c1-4-6-12-7-9-13(10-8-12)11-14(3,15)5-2/h2,12-13,15H,4,6-11H2,1,3H3. The summed E-state index contributed by atoms with van der Waals surface area (Å²) in [6.45, 7) is 4.01. The van der Waals surface area contributed by atoms with Gasteiger partial charge < -0.3 is 5.11 Å². The summed E-state index contributed by atoms with van der Waals surface area (Å²) in [5, 5.41) is 9.81. The summed E-state index contributed by atoms with van der Waals surface area (Å²) in [5.41, 5.74) is -0.887. The van der Waals surface area contributed by atoms with Crippen molar-refractivity contribution in [1.82, 2.24) is 0 Å². The molecule has 1 N–H and O–H groups in total. The SMILES string of the molecule is C#CC(C)(O)CC1CCC(CCC)CC1. The van der Waals surface area contributed by atoms with E-state index in [4.69, 9.17) is 6.42 Å². The van der Waals surface area contributed by atoms with Gasteiger partial charge in [-0.15, -0.1) is 6.42 Å². The maximum Gasteiger partial charge on any atom is 0.122 e. The molecule has 0 spiro atoms. The van der Waals surface area contributed by atoms with Crippen LogP contribution in [0.5, 0.6) is 0 Å². The fourth-order valence-corrected chi connectivity index (χ4v) is 2.75. The van der Waals surface area contributed by atoms with Gasteiger partial charge in [0.1, 0.15) is 5.60 Å². The van der Waals surface area contributed by atoms with E-state index in [1.54, 1.807) is 6.92 Å². The zero-order valence-electron chi connectivity index (χ0n) is 10.1. The van der Waals surface area contributed by atoms with Crippen molar-refractivity contribution in [3.05, 3.63) is 0 Å². The molecule has 0 aromatic carbocycles. The minimum Gasteiger partial charge on any atom is -0.378 e. The molecule has 0 saturated heterocycles. The van der Waals surface area contributed by atoms with E-state index in [1.807, 2.05) is 0 Å². The van der Waals surface area contributed by atoms with E-state index in [0.717, 1.165) is 12.3 Å². The lowest BCUT2D eigenvalue weighted by molar-refractivity contribution is 0.0773. The van der Waals surface area contributed by atoms with Gasteiger partial charge in [0.2, 0.25) is 0 Å². The Hall–Kier alpha value is -0.480. The summed E-state index contributed by atoms with van der Waals surface area (Å²) in [5.74, 6) is 4.06. The highest BCUT2D eigenvalue weighted by molar-refractivity contribution is 5.05. The molecule has 1 saturated carbocycles. The highest BCUT2D eigenvalue weighted by Crippen LogP contribution is 2.35. The van der Waals surface area contributed by atoms with Crippen molar-refractivity contribution < 1.29 is 5.11 Å². The number of hydrogen-bond acceptors (Lipinski definition) is 1. The first-order valence-electron chi connectivity index (χ1n) is 6.27. The molecule has 0 aliphatic heterocycles. The Morgan fingerprint density at radius 2 is 1.80 bits per heavy atom. The fraction of sp³-hybridized carbons (Fsp3) is 0.857. The third-order valence-electron chi connectivity index (χ3n) is 3.66. The van der Waals surface area contributed by atoms with Crippen molar-refractivity contribution in [1.29, 1.82) is 0 Å². The predicted molar refractivity (Wildman–Crippen MR) is 64.4 cm³/mol. The Bertz CT molecular complexity index is 216. The molecule has 1 aliphatic rings. The van der Waals surface area contributed by atoms with Gasteiger partial charge in [-0.25, -0.2) is 0 Å². The van der Waals surface area contributed by atoms with Crippen LogP contribution in [0, 0.1) is 24.2 Å². The lowest BCUT2D eigenvalue weighted by Crippen LogP contribution is -2.27. The van der Waals surface area contributed by atoms with Crippen molar-refractivity contribution in [2.45, 2.75) is 64.4 Å². The summed E-state index contributed by atoms with van der Waals surface area (Å²) in [6.07, 6.45) is 13.9. The topological polar surface area (TPSA) is 20.2 Å². The third kappa shape index (κ3) is 4.26. The van der Waals surface area contributed by atoms with Crippen LogP contribution >= 0.6 is 0 Å². The first-order valence-corrected chi connectivity index (χ1v) is 6.27. The molecule has 1 nitrogen and oxygen atoms in total. The second-order valence-corrected chi connectivity index (χ2v) is 5.30. The van der Waals surface area contributed by atoms with Crippen molar-refractivity contribution in [2.24, 2.45) is 11.8 Å². The highest BCUT2D eigenvalue weighted by Gasteiger charge is 2.27. The largest absolute Gasteiger partial charge is 0.378 e. The van der Waals surface area contributed by atoms with Crippen molar-refractivity contribution in [2.75, 3.05) is 0 Å². The van der Waals surface area contributed by atoms with Gasteiger partial charge in [-0.05, 0) is 25.2 Å². The Labute approximate surface area is 94.3 Å². The highest BCUT2D eigenvalue weighted by atomic mass is 16.3. The van der Waals surface area contributed by atoms with E-state index < -0.39 is 5.60 Å². The maximum atomic E-state index is 9.81. The smallest absolute Gasteiger partial charge is 0.122 e. The van der Waals surface area contributed by atoms with Gasteiger partial charge in [-0.3, -0.25) is 0 Å². The molecule has 0 aromatic rings. The molecular formula is C14H24O. The number of rotatable bonds is 4. The van der Waals surface area contributed by atoms with Crippen molar-refractivity contribution in [3.8, 4) is 12.3 Å². The Kier molecular flexibility index (Phi) is 4.67. The molecular weight excluding hydrogens is 184 g/mol. The third-order valence-corrected chi connectivity index (χ3v) is 3.66. The summed E-state index contributed by atoms with van der Waals surface area (Å²) in [6, 6.07) is 0. The van der Waals surface area contributed by atoms with E-state index in [9.17, 15) is 5.11 Å². The molecule has 0 amide bonds. The van der Waals surface area contributed by atoms with Crippen LogP contribution in [-0.4, -0.2) is 10.7 Å². The van der Waals surface area contributed by atoms with Crippen LogP contribution in [-0.2, 0) is 0 Å². The van der Waals surface area contributed by atoms with Crippen LogP contribution in [0.3, 0.4) is 0 Å². The van der Waals surface area contributed by atoms with Crippen LogP contribution in [0.1, 0.15) is 58.8 Å². The molecule has 1 fully saturated rings. The monoisotopic (exact) mass is 208 g/mol. The minimum absolute atomic E-state index is 0.643. The average Bonchev–Trinajstić information content (AvgIpc) is 2.21. The van der Waals surface area contributed by atoms with E-state index in [0.29, 0.717) is 5.92 Å². The van der Waals surface area contributed by atoms with E-state index >= 15 is 0 Å². The van der Waals surface area contributed by atoms with Crippen molar-refractivity contribution in [3.63, 3.8) is 0 Å². The summed E-state index contributed by atoms with van der Waals surface area (Å²) in [4.78, 5) is 0. The molecule has 1 atom stereocenters. The first-order chi connectivity index (χ1) is 7.07. The second kappa shape index (κ2) is 5.56. The van der Waals surface area contributed by atoms with Gasteiger partial charge in [-0.1, -0.05) is 51.4 Å². The maximum absolute atomic E-state index is 9.81. The molecule has 1 unspecified atom stereocenters. The van der Waals surface area contributed by atoms with Gasteiger partial charge in [0.25, 0.3) is 0 Å². The molecule has 15 heavy (non-hydrogen) atoms. The van der Waals surface area contributed by atoms with E-state index in [2.05, 4.69) is 12.8 Å². The number of aliphatic hydroxyl groups is 1. The summed E-state index contributed by atoms with van der Waals surface area (Å²) in [7, 11) is 0. The molecule has 86 valence electrons. The molecule has 1 aliphatic carbocycles. The molecule has 0 heterocycles. The van der Waals surface area contributed by atoms with Crippen LogP contribution in [0.15, 0.2) is 0 Å². The predicted octanol–water partition coefficient (Wildman–Crippen LogP) is 3.37. The molecule has 0 radical (unpaired) electrons. The zero-order valence-corrected chi connectivity index (χ0v) is 10.1. The lowest BCUT2D eigenvalue weighted by atomic mass is 9.76. The molecule has 1 rings (SSSR count). The van der Waals surface area contributed by atoms with E-state index in [1.165, 1.54) is 38.5 Å². The van der Waals surface area contributed by atoms with Gasteiger partial charge in [-0.2, -0.15) is 0 Å². The number of terminal acetylenes is 1. The van der Waals surface area contributed by atoms with Crippen molar-refractivity contribution >= 4 is 0 Å².